The van der Waals surface area contributed by atoms with Gasteiger partial charge in [-0.1, -0.05) is 51.9 Å². The van der Waals surface area contributed by atoms with Crippen molar-refractivity contribution in [3.05, 3.63) is 65.5 Å². The molecule has 1 nitrogen and oxygen atoms in total. The van der Waals surface area contributed by atoms with Crippen molar-refractivity contribution in [3.8, 4) is 0 Å². The monoisotopic (exact) mass is 361 g/mol. The lowest BCUT2D eigenvalue weighted by atomic mass is 10.1. The van der Waals surface area contributed by atoms with Crippen LogP contribution in [0.1, 0.15) is 16.8 Å². The van der Waals surface area contributed by atoms with Crippen LogP contribution < -0.4 is 0 Å². The van der Waals surface area contributed by atoms with Gasteiger partial charge in [-0.3, -0.25) is 4.98 Å². The number of aromatic nitrogens is 1. The Morgan fingerprint density at radius 3 is 2.18 bits per heavy atom. The maximum absolute atomic E-state index is 12.3. The molecule has 1 aromatic heterocycles. The predicted molar refractivity (Wildman–Crippen MR) is 90.6 cm³/mol. The minimum atomic E-state index is -4.14. The number of hydrogen-bond donors (Lipinski definition) is 0. The predicted octanol–water partition coefficient (Wildman–Crippen LogP) is 5.92. The van der Waals surface area contributed by atoms with Gasteiger partial charge < -0.3 is 0 Å². The highest BCUT2D eigenvalue weighted by Crippen LogP contribution is 2.38. The van der Waals surface area contributed by atoms with Crippen molar-refractivity contribution in [3.63, 3.8) is 0 Å². The maximum Gasteiger partial charge on any atom is 0.393 e. The first-order valence-corrected chi connectivity index (χ1v) is 10.3. The quantitative estimate of drug-likeness (QED) is 0.448. The first-order chi connectivity index (χ1) is 10.5. The van der Waals surface area contributed by atoms with Gasteiger partial charge in [-0.2, -0.15) is 13.2 Å². The summed E-state index contributed by atoms with van der Waals surface area (Å²) in [7, 11) is 5.05. The van der Waals surface area contributed by atoms with Gasteiger partial charge >= 0.3 is 6.18 Å². The average molecular weight is 361 g/mol. The molecule has 2 aromatic rings. The van der Waals surface area contributed by atoms with Crippen LogP contribution >= 0.6 is 31.4 Å². The highest BCUT2D eigenvalue weighted by molar-refractivity contribution is 9.09. The zero-order valence-electron chi connectivity index (χ0n) is 11.5. The molecule has 22 heavy (non-hydrogen) atoms. The molecule has 0 aliphatic carbocycles. The Morgan fingerprint density at radius 1 is 0.864 bits per heavy atom. The molecular weight excluding hydrogens is 347 g/mol. The van der Waals surface area contributed by atoms with E-state index in [9.17, 15) is 13.2 Å². The van der Waals surface area contributed by atoms with E-state index in [4.69, 9.17) is 0 Å². The molecule has 2 rings (SSSR count). The third kappa shape index (κ3) is 6.98. The van der Waals surface area contributed by atoms with Crippen LogP contribution in [-0.4, -0.2) is 11.2 Å². The van der Waals surface area contributed by atoms with Crippen LogP contribution in [0.25, 0.3) is 0 Å². The Morgan fingerprint density at radius 2 is 1.55 bits per heavy atom. The van der Waals surface area contributed by atoms with Crippen molar-refractivity contribution >= 4 is 31.4 Å². The summed E-state index contributed by atoms with van der Waals surface area (Å²) < 4.78 is 36.8. The molecule has 7 heteroatoms. The fraction of sp³-hybridized carbons (Fsp3) is 0.267. The van der Waals surface area contributed by atoms with Crippen molar-refractivity contribution in [2.75, 3.05) is 0 Å². The van der Waals surface area contributed by atoms with Gasteiger partial charge in [0.2, 0.25) is 0 Å². The molecule has 0 unspecified atom stereocenters. The standard InChI is InChI=1S/C15H14F3NS3/c16-15(17,18)9-12-4-6-13(7-5-12)10-20-22-21-11-14-3-1-2-8-19-14/h1-8H,9-11H2. The van der Waals surface area contributed by atoms with Crippen LogP contribution in [0, 0.1) is 0 Å². The second kappa shape index (κ2) is 8.74. The van der Waals surface area contributed by atoms with Crippen molar-refractivity contribution in [2.45, 2.75) is 24.1 Å². The summed E-state index contributed by atoms with van der Waals surface area (Å²) in [6.45, 7) is 0. The Kier molecular flexibility index (Phi) is 6.98. The molecule has 0 saturated heterocycles. The Labute approximate surface area is 139 Å². The second-order valence-corrected chi connectivity index (χ2v) is 8.75. The third-order valence-corrected chi connectivity index (χ3v) is 6.76. The summed E-state index contributed by atoms with van der Waals surface area (Å²) in [5.41, 5.74) is 2.37. The molecule has 1 aromatic carbocycles. The number of benzene rings is 1. The lowest BCUT2D eigenvalue weighted by Gasteiger charge is -2.07. The van der Waals surface area contributed by atoms with Gasteiger partial charge in [-0.05, 0) is 33.1 Å². The normalized spacial score (nSPS) is 11.6. The van der Waals surface area contributed by atoms with Crippen LogP contribution in [0.2, 0.25) is 0 Å². The highest BCUT2D eigenvalue weighted by Gasteiger charge is 2.27. The molecule has 0 amide bonds. The topological polar surface area (TPSA) is 12.9 Å². The van der Waals surface area contributed by atoms with Crippen LogP contribution in [0.5, 0.6) is 0 Å². The zero-order chi connectivity index (χ0) is 15.8. The van der Waals surface area contributed by atoms with E-state index in [1.807, 2.05) is 18.2 Å². The molecular formula is C15H14F3NS3. The summed E-state index contributed by atoms with van der Waals surface area (Å²) >= 11 is 0. The summed E-state index contributed by atoms with van der Waals surface area (Å²) in [5, 5.41) is 0. The summed E-state index contributed by atoms with van der Waals surface area (Å²) in [4.78, 5) is 4.24. The molecule has 0 bridgehead atoms. The lowest BCUT2D eigenvalue weighted by molar-refractivity contribution is -0.127. The van der Waals surface area contributed by atoms with E-state index in [2.05, 4.69) is 4.98 Å². The van der Waals surface area contributed by atoms with Crippen molar-refractivity contribution < 1.29 is 13.2 Å². The van der Waals surface area contributed by atoms with E-state index in [-0.39, 0.29) is 0 Å². The fourth-order valence-electron chi connectivity index (χ4n) is 1.68. The van der Waals surface area contributed by atoms with E-state index in [0.29, 0.717) is 5.56 Å². The molecule has 0 radical (unpaired) electrons. The first kappa shape index (κ1) is 17.6. The SMILES string of the molecule is FC(F)(F)Cc1ccc(CSSSCc2ccccn2)cc1. The lowest BCUT2D eigenvalue weighted by Crippen LogP contribution is -2.11. The summed E-state index contributed by atoms with van der Waals surface area (Å²) in [6.07, 6.45) is -3.24. The molecule has 0 aliphatic heterocycles. The van der Waals surface area contributed by atoms with Gasteiger partial charge in [-0.15, -0.1) is 0 Å². The number of halogens is 3. The van der Waals surface area contributed by atoms with Gasteiger partial charge in [0.1, 0.15) is 0 Å². The summed E-state index contributed by atoms with van der Waals surface area (Å²) in [5.74, 6) is 1.61. The smallest absolute Gasteiger partial charge is 0.260 e. The minimum Gasteiger partial charge on any atom is -0.260 e. The summed E-state index contributed by atoms with van der Waals surface area (Å²) in [6, 6.07) is 12.5. The van der Waals surface area contributed by atoms with Crippen molar-refractivity contribution in [1.29, 1.82) is 0 Å². The van der Waals surface area contributed by atoms with Gasteiger partial charge in [0.15, 0.2) is 0 Å². The fourth-order valence-corrected chi connectivity index (χ4v) is 5.20. The minimum absolute atomic E-state index is 0.304. The van der Waals surface area contributed by atoms with Crippen LogP contribution in [0.4, 0.5) is 13.2 Å². The van der Waals surface area contributed by atoms with E-state index < -0.39 is 12.6 Å². The first-order valence-electron chi connectivity index (χ1n) is 6.48. The van der Waals surface area contributed by atoms with Gasteiger partial charge in [-0.25, -0.2) is 0 Å². The molecule has 0 spiro atoms. The highest BCUT2D eigenvalue weighted by atomic mass is 33.5. The number of pyridine rings is 1. The molecule has 0 saturated carbocycles. The van der Waals surface area contributed by atoms with Crippen LogP contribution in [-0.2, 0) is 17.9 Å². The Balaban J connectivity index is 1.67. The van der Waals surface area contributed by atoms with E-state index in [1.54, 1.807) is 61.9 Å². The molecule has 0 N–H and O–H groups in total. The van der Waals surface area contributed by atoms with E-state index in [1.165, 1.54) is 0 Å². The largest absolute Gasteiger partial charge is 0.393 e. The van der Waals surface area contributed by atoms with E-state index in [0.717, 1.165) is 22.8 Å². The van der Waals surface area contributed by atoms with Gasteiger partial charge in [0.05, 0.1) is 12.1 Å². The Hall–Kier alpha value is -0.790. The zero-order valence-corrected chi connectivity index (χ0v) is 14.0. The molecule has 0 aliphatic rings. The second-order valence-electron chi connectivity index (χ2n) is 4.52. The third-order valence-electron chi connectivity index (χ3n) is 2.68. The van der Waals surface area contributed by atoms with Crippen LogP contribution in [0.3, 0.4) is 0 Å². The number of hydrogen-bond acceptors (Lipinski definition) is 4. The molecule has 0 atom stereocenters. The molecule has 0 fully saturated rings. The van der Waals surface area contributed by atoms with Crippen molar-refractivity contribution in [2.24, 2.45) is 0 Å². The number of rotatable bonds is 7. The molecule has 1 heterocycles. The van der Waals surface area contributed by atoms with Crippen molar-refractivity contribution in [1.82, 2.24) is 4.98 Å². The number of alkyl halides is 3. The van der Waals surface area contributed by atoms with Gasteiger partial charge in [0, 0.05) is 17.7 Å². The van der Waals surface area contributed by atoms with Crippen LogP contribution in [0.15, 0.2) is 48.7 Å². The number of nitrogens with zero attached hydrogens (tertiary/aromatic N) is 1. The maximum atomic E-state index is 12.3. The molecule has 118 valence electrons. The van der Waals surface area contributed by atoms with Gasteiger partial charge in [0.25, 0.3) is 0 Å². The Bertz CT molecular complexity index is 558. The average Bonchev–Trinajstić information content (AvgIpc) is 2.48. The van der Waals surface area contributed by atoms with E-state index >= 15 is 0 Å².